The number of amides is 2. The van der Waals surface area contributed by atoms with Gasteiger partial charge < -0.3 is 4.90 Å². The zero-order valence-electron chi connectivity index (χ0n) is 16.0. The third-order valence-electron chi connectivity index (χ3n) is 4.89. The van der Waals surface area contributed by atoms with Gasteiger partial charge in [0.2, 0.25) is 17.8 Å². The van der Waals surface area contributed by atoms with Crippen LogP contribution in [0.25, 0.3) is 0 Å². The van der Waals surface area contributed by atoms with Crippen molar-refractivity contribution in [3.8, 4) is 0 Å². The normalized spacial score (nSPS) is 14.9. The average Bonchev–Trinajstić information content (AvgIpc) is 3.08. The van der Waals surface area contributed by atoms with Gasteiger partial charge in [-0.3, -0.25) is 19.5 Å². The zero-order valence-corrected chi connectivity index (χ0v) is 17.6. The molecule has 0 unspecified atom stereocenters. The van der Waals surface area contributed by atoms with Crippen LogP contribution >= 0.6 is 23.4 Å². The lowest BCUT2D eigenvalue weighted by Gasteiger charge is -2.30. The van der Waals surface area contributed by atoms with Crippen molar-refractivity contribution in [1.29, 1.82) is 0 Å². The standard InChI is InChI=1S/C19H24ClN5O2S/c1-3-25-18(21-17(27)14-8-10-24(11-9-14)13(2)26)22-23-19(25)28-12-15-6-4-5-7-16(15)20/h4-7,14H,3,8-12H2,1-2H3,(H,21,22,27). The molecule has 0 spiro atoms. The van der Waals surface area contributed by atoms with Gasteiger partial charge in [-0.25, -0.2) is 0 Å². The number of thioether (sulfide) groups is 1. The molecule has 1 aromatic carbocycles. The molecule has 2 heterocycles. The Morgan fingerprint density at radius 3 is 2.61 bits per heavy atom. The van der Waals surface area contributed by atoms with Gasteiger partial charge in [0, 0.05) is 43.3 Å². The van der Waals surface area contributed by atoms with Crippen LogP contribution in [0.1, 0.15) is 32.3 Å². The molecule has 1 saturated heterocycles. The van der Waals surface area contributed by atoms with Gasteiger partial charge in [-0.15, -0.1) is 10.2 Å². The Hall–Kier alpha value is -2.06. The fraction of sp³-hybridized carbons (Fsp3) is 0.474. The Balaban J connectivity index is 1.61. The minimum Gasteiger partial charge on any atom is -0.343 e. The molecule has 2 amide bonds. The maximum absolute atomic E-state index is 12.6. The lowest BCUT2D eigenvalue weighted by atomic mass is 9.96. The van der Waals surface area contributed by atoms with Gasteiger partial charge >= 0.3 is 0 Å². The molecule has 0 saturated carbocycles. The van der Waals surface area contributed by atoms with Gasteiger partial charge in [0.05, 0.1) is 0 Å². The number of nitrogens with one attached hydrogen (secondary N) is 1. The van der Waals surface area contributed by atoms with E-state index in [2.05, 4.69) is 15.5 Å². The first-order valence-electron chi connectivity index (χ1n) is 9.35. The van der Waals surface area contributed by atoms with Crippen LogP contribution in [0.5, 0.6) is 0 Å². The number of rotatable bonds is 6. The SMILES string of the molecule is CCn1c(NC(=O)C2CCN(C(C)=O)CC2)nnc1SCc1ccccc1Cl. The van der Waals surface area contributed by atoms with Gasteiger partial charge in [0.25, 0.3) is 0 Å². The van der Waals surface area contributed by atoms with Crippen molar-refractivity contribution in [3.05, 3.63) is 34.9 Å². The predicted molar refractivity (Wildman–Crippen MR) is 110 cm³/mol. The summed E-state index contributed by atoms with van der Waals surface area (Å²) in [6, 6.07) is 7.71. The maximum Gasteiger partial charge on any atom is 0.231 e. The summed E-state index contributed by atoms with van der Waals surface area (Å²) < 4.78 is 1.89. The molecule has 1 N–H and O–H groups in total. The highest BCUT2D eigenvalue weighted by molar-refractivity contribution is 7.98. The number of nitrogens with zero attached hydrogens (tertiary/aromatic N) is 4. The average molecular weight is 422 g/mol. The molecule has 1 aromatic heterocycles. The van der Waals surface area contributed by atoms with Crippen LogP contribution in [0, 0.1) is 5.92 Å². The second-order valence-corrected chi connectivity index (χ2v) is 8.05. The quantitative estimate of drug-likeness (QED) is 0.722. The number of hydrogen-bond donors (Lipinski definition) is 1. The molecule has 0 radical (unpaired) electrons. The molecule has 0 atom stereocenters. The summed E-state index contributed by atoms with van der Waals surface area (Å²) in [6.45, 7) is 5.44. The van der Waals surface area contributed by atoms with Gasteiger partial charge in [-0.2, -0.15) is 0 Å². The minimum absolute atomic E-state index is 0.0600. The summed E-state index contributed by atoms with van der Waals surface area (Å²) in [7, 11) is 0. The van der Waals surface area contributed by atoms with Crippen molar-refractivity contribution in [3.63, 3.8) is 0 Å². The second-order valence-electron chi connectivity index (χ2n) is 6.70. The number of hydrogen-bond acceptors (Lipinski definition) is 5. The highest BCUT2D eigenvalue weighted by Crippen LogP contribution is 2.27. The lowest BCUT2D eigenvalue weighted by molar-refractivity contribution is -0.132. The van der Waals surface area contributed by atoms with E-state index in [4.69, 9.17) is 11.6 Å². The highest BCUT2D eigenvalue weighted by Gasteiger charge is 2.27. The molecule has 28 heavy (non-hydrogen) atoms. The molecule has 3 rings (SSSR count). The van der Waals surface area contributed by atoms with Crippen molar-refractivity contribution in [1.82, 2.24) is 19.7 Å². The molecular weight excluding hydrogens is 398 g/mol. The molecule has 1 aliphatic rings. The van der Waals surface area contributed by atoms with E-state index in [1.807, 2.05) is 35.8 Å². The summed E-state index contributed by atoms with van der Waals surface area (Å²) >= 11 is 7.75. The number of carbonyl (C=O) groups is 2. The molecular formula is C19H24ClN5O2S. The van der Waals surface area contributed by atoms with E-state index in [9.17, 15) is 9.59 Å². The first-order valence-corrected chi connectivity index (χ1v) is 10.7. The van der Waals surface area contributed by atoms with Gasteiger partial charge in [0.15, 0.2) is 5.16 Å². The van der Waals surface area contributed by atoms with Crippen LogP contribution in [-0.4, -0.2) is 44.6 Å². The summed E-state index contributed by atoms with van der Waals surface area (Å²) in [4.78, 5) is 25.8. The van der Waals surface area contributed by atoms with E-state index in [0.717, 1.165) is 15.7 Å². The first kappa shape index (κ1) is 20.7. The highest BCUT2D eigenvalue weighted by atomic mass is 35.5. The Bertz CT molecular complexity index is 849. The topological polar surface area (TPSA) is 80.1 Å². The van der Waals surface area contributed by atoms with Gasteiger partial charge in [-0.05, 0) is 31.4 Å². The van der Waals surface area contributed by atoms with E-state index in [1.54, 1.807) is 11.8 Å². The van der Waals surface area contributed by atoms with E-state index < -0.39 is 0 Å². The number of piperidine rings is 1. The molecule has 9 heteroatoms. The van der Waals surface area contributed by atoms with Crippen molar-refractivity contribution < 1.29 is 9.59 Å². The van der Waals surface area contributed by atoms with Crippen LogP contribution in [0.3, 0.4) is 0 Å². The van der Waals surface area contributed by atoms with Crippen LogP contribution in [-0.2, 0) is 21.9 Å². The van der Waals surface area contributed by atoms with E-state index in [1.165, 1.54) is 11.8 Å². The fourth-order valence-corrected chi connectivity index (χ4v) is 4.49. The van der Waals surface area contributed by atoms with Crippen molar-refractivity contribution >= 4 is 41.1 Å². The number of halogens is 1. The Labute approximate surface area is 173 Å². The number of aromatic nitrogens is 3. The maximum atomic E-state index is 12.6. The van der Waals surface area contributed by atoms with Crippen molar-refractivity contribution in [2.24, 2.45) is 5.92 Å². The van der Waals surface area contributed by atoms with Crippen LogP contribution in [0.15, 0.2) is 29.4 Å². The predicted octanol–water partition coefficient (Wildman–Crippen LogP) is 3.44. The second kappa shape index (κ2) is 9.43. The molecule has 0 aliphatic carbocycles. The van der Waals surface area contributed by atoms with E-state index >= 15 is 0 Å². The smallest absolute Gasteiger partial charge is 0.231 e. The molecule has 7 nitrogen and oxygen atoms in total. The number of benzene rings is 1. The van der Waals surface area contributed by atoms with Crippen molar-refractivity contribution in [2.75, 3.05) is 18.4 Å². The first-order chi connectivity index (χ1) is 13.5. The molecule has 1 aliphatic heterocycles. The van der Waals surface area contributed by atoms with Crippen LogP contribution < -0.4 is 5.32 Å². The number of anilines is 1. The number of carbonyl (C=O) groups excluding carboxylic acids is 2. The summed E-state index contributed by atoms with van der Waals surface area (Å²) in [5, 5.41) is 12.8. The Morgan fingerprint density at radius 1 is 1.25 bits per heavy atom. The minimum atomic E-state index is -0.114. The molecule has 150 valence electrons. The summed E-state index contributed by atoms with van der Waals surface area (Å²) in [6.07, 6.45) is 1.33. The summed E-state index contributed by atoms with van der Waals surface area (Å²) in [5.74, 6) is 1.02. The largest absolute Gasteiger partial charge is 0.343 e. The molecule has 2 aromatic rings. The fourth-order valence-electron chi connectivity index (χ4n) is 3.20. The molecule has 1 fully saturated rings. The Kier molecular flexibility index (Phi) is 6.96. The zero-order chi connectivity index (χ0) is 20.1. The van der Waals surface area contributed by atoms with Crippen LogP contribution in [0.2, 0.25) is 5.02 Å². The molecule has 0 bridgehead atoms. The van der Waals surface area contributed by atoms with Gasteiger partial charge in [-0.1, -0.05) is 41.6 Å². The lowest BCUT2D eigenvalue weighted by Crippen LogP contribution is -2.40. The Morgan fingerprint density at radius 2 is 1.96 bits per heavy atom. The van der Waals surface area contributed by atoms with Gasteiger partial charge in [0.1, 0.15) is 0 Å². The third-order valence-corrected chi connectivity index (χ3v) is 6.28. The van der Waals surface area contributed by atoms with E-state index in [0.29, 0.717) is 44.2 Å². The monoisotopic (exact) mass is 421 g/mol. The van der Waals surface area contributed by atoms with Crippen molar-refractivity contribution in [2.45, 2.75) is 44.1 Å². The van der Waals surface area contributed by atoms with Crippen LogP contribution in [0.4, 0.5) is 5.95 Å². The number of likely N-dealkylation sites (tertiary alicyclic amines) is 1. The summed E-state index contributed by atoms with van der Waals surface area (Å²) in [5.41, 5.74) is 1.03. The third kappa shape index (κ3) is 4.86. The van der Waals surface area contributed by atoms with E-state index in [-0.39, 0.29) is 17.7 Å².